The topological polar surface area (TPSA) is 71.0 Å². The van der Waals surface area contributed by atoms with Crippen LogP contribution < -0.4 is 5.32 Å². The lowest BCUT2D eigenvalue weighted by atomic mass is 9.84. The van der Waals surface area contributed by atoms with E-state index < -0.39 is 0 Å². The fourth-order valence-corrected chi connectivity index (χ4v) is 5.60. The minimum absolute atomic E-state index is 0.0278. The molecule has 6 nitrogen and oxygen atoms in total. The van der Waals surface area contributed by atoms with Crippen LogP contribution in [-0.4, -0.2) is 41.4 Å². The summed E-state index contributed by atoms with van der Waals surface area (Å²) in [4.78, 5) is 32.0. The van der Waals surface area contributed by atoms with Crippen LogP contribution in [0.1, 0.15) is 65.5 Å². The van der Waals surface area contributed by atoms with E-state index in [1.165, 1.54) is 7.11 Å². The molecule has 0 spiro atoms. The smallest absolute Gasteiger partial charge is 0.338 e. The summed E-state index contributed by atoms with van der Waals surface area (Å²) in [7, 11) is 1.41. The molecule has 1 amide bonds. The number of benzene rings is 1. The molecule has 1 aromatic rings. The third kappa shape index (κ3) is 5.94. The van der Waals surface area contributed by atoms with Gasteiger partial charge in [-0.2, -0.15) is 0 Å². The number of anilines is 1. The second-order valence-corrected chi connectivity index (χ2v) is 11.0. The first-order chi connectivity index (χ1) is 15.1. The molecule has 0 bridgehead atoms. The number of nitrogens with one attached hydrogen (secondary N) is 1. The Balaban J connectivity index is 1.77. The summed E-state index contributed by atoms with van der Waals surface area (Å²) in [6.45, 7) is 11.4. The van der Waals surface area contributed by atoms with Crippen molar-refractivity contribution >= 4 is 34.5 Å². The molecular weight excluding hydrogens is 422 g/mol. The van der Waals surface area contributed by atoms with E-state index >= 15 is 0 Å². The van der Waals surface area contributed by atoms with Gasteiger partial charge in [-0.25, -0.2) is 9.79 Å². The fraction of sp³-hybridized carbons (Fsp3) is 0.560. The Kier molecular flexibility index (Phi) is 7.70. The minimum Gasteiger partial charge on any atom is -0.466 e. The molecule has 0 aromatic heterocycles. The van der Waals surface area contributed by atoms with Crippen molar-refractivity contribution in [2.24, 2.45) is 16.3 Å². The number of carbonyl (C=O) groups is 2. The predicted octanol–water partition coefficient (Wildman–Crippen LogP) is 5.38. The predicted molar refractivity (Wildman–Crippen MR) is 132 cm³/mol. The van der Waals surface area contributed by atoms with Crippen LogP contribution in [0.25, 0.3) is 0 Å². The van der Waals surface area contributed by atoms with Crippen molar-refractivity contribution < 1.29 is 14.3 Å². The van der Waals surface area contributed by atoms with Gasteiger partial charge in [0.1, 0.15) is 0 Å². The van der Waals surface area contributed by atoms with Crippen molar-refractivity contribution in [3.05, 3.63) is 41.1 Å². The van der Waals surface area contributed by atoms with Crippen LogP contribution in [0, 0.1) is 11.3 Å². The fourth-order valence-electron chi connectivity index (χ4n) is 4.58. The van der Waals surface area contributed by atoms with Crippen LogP contribution in [0.15, 0.2) is 40.5 Å². The molecule has 2 aliphatic rings. The maximum absolute atomic E-state index is 12.6. The normalized spacial score (nSPS) is 19.8. The molecule has 0 aliphatic carbocycles. The van der Waals surface area contributed by atoms with Gasteiger partial charge in [0.15, 0.2) is 5.17 Å². The number of esters is 1. The molecule has 0 saturated carbocycles. The number of fused-ring (bicyclic) bond motifs is 1. The molecule has 0 radical (unpaired) electrons. The maximum Gasteiger partial charge on any atom is 0.338 e. The highest BCUT2D eigenvalue weighted by molar-refractivity contribution is 8.13. The highest BCUT2D eigenvalue weighted by atomic mass is 32.2. The number of carbonyl (C=O) groups excluding carboxylic acids is 2. The number of hydrogen-bond acceptors (Lipinski definition) is 6. The number of ether oxygens (including phenoxy) is 1. The number of amides is 1. The molecule has 1 fully saturated rings. The standard InChI is InChI=1S/C25H35N3O3S/c1-16(15-25(3,4)5)14-20(29)27-19-10-8-18(9-11-19)22-21(23(30)31-6)17(2)26-24-28(22)12-7-13-32-24/h8-11,16,22H,7,12-15H2,1-6H3,(H,27,29). The van der Waals surface area contributed by atoms with E-state index in [-0.39, 0.29) is 23.3 Å². The Morgan fingerprint density at radius 2 is 1.97 bits per heavy atom. The van der Waals surface area contributed by atoms with Gasteiger partial charge < -0.3 is 15.0 Å². The van der Waals surface area contributed by atoms with E-state index in [9.17, 15) is 9.59 Å². The van der Waals surface area contributed by atoms with Crippen molar-refractivity contribution in [2.45, 2.75) is 59.9 Å². The average Bonchev–Trinajstić information content (AvgIpc) is 2.71. The van der Waals surface area contributed by atoms with E-state index in [0.29, 0.717) is 23.6 Å². The molecule has 1 N–H and O–H groups in total. The van der Waals surface area contributed by atoms with Crippen molar-refractivity contribution in [2.75, 3.05) is 24.7 Å². The zero-order chi connectivity index (χ0) is 23.5. The Morgan fingerprint density at radius 1 is 1.28 bits per heavy atom. The summed E-state index contributed by atoms with van der Waals surface area (Å²) < 4.78 is 5.08. The van der Waals surface area contributed by atoms with Gasteiger partial charge in [-0.3, -0.25) is 4.79 Å². The van der Waals surface area contributed by atoms with Gasteiger partial charge >= 0.3 is 5.97 Å². The number of aliphatic imine (C=N–C) groups is 1. The average molecular weight is 458 g/mol. The van der Waals surface area contributed by atoms with Gasteiger partial charge in [-0.15, -0.1) is 0 Å². The van der Waals surface area contributed by atoms with Crippen molar-refractivity contribution in [1.82, 2.24) is 4.90 Å². The van der Waals surface area contributed by atoms with Crippen LogP contribution in [0.5, 0.6) is 0 Å². The van der Waals surface area contributed by atoms with Crippen LogP contribution in [0.3, 0.4) is 0 Å². The number of amidine groups is 1. The molecule has 2 heterocycles. The molecule has 1 aromatic carbocycles. The molecule has 1 saturated heterocycles. The van der Waals surface area contributed by atoms with E-state index in [1.807, 2.05) is 31.2 Å². The molecule has 2 atom stereocenters. The van der Waals surface area contributed by atoms with E-state index in [2.05, 4.69) is 42.9 Å². The molecule has 32 heavy (non-hydrogen) atoms. The SMILES string of the molecule is COC(=O)C1=C(C)N=C2SCCCN2C1c1ccc(NC(=O)CC(C)CC(C)(C)C)cc1. The van der Waals surface area contributed by atoms with Crippen LogP contribution >= 0.6 is 11.8 Å². The number of hydrogen-bond donors (Lipinski definition) is 1. The summed E-state index contributed by atoms with van der Waals surface area (Å²) >= 11 is 1.72. The van der Waals surface area contributed by atoms with Crippen molar-refractivity contribution in [3.63, 3.8) is 0 Å². The van der Waals surface area contributed by atoms with Gasteiger partial charge in [-0.1, -0.05) is 51.6 Å². The Morgan fingerprint density at radius 3 is 2.59 bits per heavy atom. The third-order valence-electron chi connectivity index (χ3n) is 5.67. The monoisotopic (exact) mass is 457 g/mol. The van der Waals surface area contributed by atoms with Gasteiger partial charge in [0, 0.05) is 24.4 Å². The zero-order valence-electron chi connectivity index (χ0n) is 20.0. The highest BCUT2D eigenvalue weighted by Gasteiger charge is 2.37. The summed E-state index contributed by atoms with van der Waals surface area (Å²) in [6, 6.07) is 7.55. The van der Waals surface area contributed by atoms with Gasteiger partial charge in [0.05, 0.1) is 24.4 Å². The Bertz CT molecular complexity index is 915. The lowest BCUT2D eigenvalue weighted by Crippen LogP contribution is -2.42. The number of methoxy groups -OCH3 is 1. The molecule has 3 rings (SSSR count). The Hall–Kier alpha value is -2.28. The van der Waals surface area contributed by atoms with E-state index in [0.717, 1.165) is 41.6 Å². The Labute approximate surface area is 195 Å². The number of nitrogens with zero attached hydrogens (tertiary/aromatic N) is 2. The van der Waals surface area contributed by atoms with Crippen LogP contribution in [0.4, 0.5) is 5.69 Å². The minimum atomic E-state index is -0.351. The number of rotatable bonds is 6. The summed E-state index contributed by atoms with van der Waals surface area (Å²) in [5, 5.41) is 3.97. The van der Waals surface area contributed by atoms with E-state index in [4.69, 9.17) is 4.74 Å². The van der Waals surface area contributed by atoms with Gasteiger partial charge in [-0.05, 0) is 48.8 Å². The van der Waals surface area contributed by atoms with Gasteiger partial charge in [0.2, 0.25) is 5.91 Å². The lowest BCUT2D eigenvalue weighted by molar-refractivity contribution is -0.137. The lowest BCUT2D eigenvalue weighted by Gasteiger charge is -2.40. The zero-order valence-corrected chi connectivity index (χ0v) is 20.8. The van der Waals surface area contributed by atoms with E-state index in [1.54, 1.807) is 11.8 Å². The number of thioether (sulfide) groups is 1. The third-order valence-corrected chi connectivity index (χ3v) is 6.75. The van der Waals surface area contributed by atoms with Crippen molar-refractivity contribution in [3.8, 4) is 0 Å². The van der Waals surface area contributed by atoms with Crippen LogP contribution in [0.2, 0.25) is 0 Å². The molecule has 174 valence electrons. The molecular formula is C25H35N3O3S. The second-order valence-electron chi connectivity index (χ2n) is 9.93. The largest absolute Gasteiger partial charge is 0.466 e. The van der Waals surface area contributed by atoms with Gasteiger partial charge in [0.25, 0.3) is 0 Å². The first-order valence-corrected chi connectivity index (χ1v) is 12.2. The first kappa shape index (κ1) is 24.4. The molecule has 2 aliphatic heterocycles. The first-order valence-electron chi connectivity index (χ1n) is 11.3. The summed E-state index contributed by atoms with van der Waals surface area (Å²) in [5.74, 6) is 1.03. The van der Waals surface area contributed by atoms with Crippen molar-refractivity contribution in [1.29, 1.82) is 0 Å². The highest BCUT2D eigenvalue weighted by Crippen LogP contribution is 2.40. The molecule has 2 unspecified atom stereocenters. The number of allylic oxidation sites excluding steroid dienone is 1. The maximum atomic E-state index is 12.6. The quantitative estimate of drug-likeness (QED) is 0.581. The summed E-state index contributed by atoms with van der Waals surface area (Å²) in [5.41, 5.74) is 3.23. The summed E-state index contributed by atoms with van der Waals surface area (Å²) in [6.07, 6.45) is 2.54. The van der Waals surface area contributed by atoms with Crippen LogP contribution in [-0.2, 0) is 14.3 Å². The second kappa shape index (κ2) is 10.1. The molecule has 7 heteroatoms.